The summed E-state index contributed by atoms with van der Waals surface area (Å²) in [6.07, 6.45) is 0.288. The number of anilines is 1. The van der Waals surface area contributed by atoms with Crippen molar-refractivity contribution in [3.8, 4) is 0 Å². The molecule has 146 valence electrons. The summed E-state index contributed by atoms with van der Waals surface area (Å²) in [6.45, 7) is 10.2. The van der Waals surface area contributed by atoms with E-state index in [2.05, 4.69) is 10.2 Å². The molecule has 2 aliphatic heterocycles. The first kappa shape index (κ1) is 19.1. The van der Waals surface area contributed by atoms with Crippen molar-refractivity contribution in [2.75, 3.05) is 37.7 Å². The highest BCUT2D eigenvalue weighted by atomic mass is 35.5. The molecule has 5 nitrogen and oxygen atoms in total. The van der Waals surface area contributed by atoms with Crippen LogP contribution in [0.25, 0.3) is 4.85 Å². The number of fused-ring (bicyclic) bond motifs is 1. The molecular weight excluding hydrogens is 408 g/mol. The van der Waals surface area contributed by atoms with E-state index in [1.54, 1.807) is 0 Å². The number of nitrogens with one attached hydrogen (secondary N) is 1. The maximum Gasteiger partial charge on any atom is 0.260 e. The summed E-state index contributed by atoms with van der Waals surface area (Å²) < 4.78 is 34.7. The molecule has 0 radical (unpaired) electrons. The molecule has 2 aliphatic rings. The van der Waals surface area contributed by atoms with E-state index < -0.39 is 17.6 Å². The highest BCUT2D eigenvalue weighted by molar-refractivity contribution is 7.19. The molecule has 0 aliphatic carbocycles. The largest absolute Gasteiger partial charge is 0.378 e. The second kappa shape index (κ2) is 7.66. The van der Waals surface area contributed by atoms with Gasteiger partial charge in [0.1, 0.15) is 11.6 Å². The van der Waals surface area contributed by atoms with Crippen molar-refractivity contribution in [2.24, 2.45) is 0 Å². The summed E-state index contributed by atoms with van der Waals surface area (Å²) >= 11 is 6.97. The molecule has 28 heavy (non-hydrogen) atoms. The second-order valence-electron chi connectivity index (χ2n) is 6.59. The summed E-state index contributed by atoms with van der Waals surface area (Å²) in [5.41, 5.74) is 0.535. The van der Waals surface area contributed by atoms with E-state index in [9.17, 15) is 13.6 Å². The summed E-state index contributed by atoms with van der Waals surface area (Å²) in [5, 5.41) is 3.39. The molecule has 4 rings (SSSR count). The molecule has 1 atom stereocenters. The van der Waals surface area contributed by atoms with Gasteiger partial charge in [0, 0.05) is 36.1 Å². The summed E-state index contributed by atoms with van der Waals surface area (Å²) in [4.78, 5) is 18.6. The Bertz CT molecular complexity index is 959. The fourth-order valence-electron chi connectivity index (χ4n) is 3.73. The number of carbonyl (C=O) groups is 1. The molecule has 0 saturated carbocycles. The average Bonchev–Trinajstić information content (AvgIpc) is 2.98. The van der Waals surface area contributed by atoms with Crippen LogP contribution < -0.4 is 10.2 Å². The Morgan fingerprint density at radius 2 is 1.93 bits per heavy atom. The van der Waals surface area contributed by atoms with Gasteiger partial charge in [-0.25, -0.2) is 13.6 Å². The van der Waals surface area contributed by atoms with Gasteiger partial charge in [0.25, 0.3) is 5.91 Å². The third-order valence-corrected chi connectivity index (χ3v) is 6.45. The van der Waals surface area contributed by atoms with Crippen molar-refractivity contribution >= 4 is 39.5 Å². The molecule has 1 fully saturated rings. The minimum Gasteiger partial charge on any atom is -0.378 e. The lowest BCUT2D eigenvalue weighted by Crippen LogP contribution is -2.35. The topological polar surface area (TPSA) is 45.9 Å². The Labute approximate surface area is 169 Å². The van der Waals surface area contributed by atoms with Crippen LogP contribution in [0.3, 0.4) is 0 Å². The van der Waals surface area contributed by atoms with Crippen LogP contribution in [0.2, 0.25) is 5.02 Å². The zero-order valence-electron chi connectivity index (χ0n) is 14.7. The van der Waals surface area contributed by atoms with Crippen LogP contribution in [0.5, 0.6) is 0 Å². The number of thiophene rings is 1. The predicted octanol–water partition coefficient (Wildman–Crippen LogP) is 4.33. The summed E-state index contributed by atoms with van der Waals surface area (Å²) in [6, 6.07) is 2.12. The highest BCUT2D eigenvalue weighted by Gasteiger charge is 2.36. The van der Waals surface area contributed by atoms with Crippen molar-refractivity contribution in [3.05, 3.63) is 56.2 Å². The first-order chi connectivity index (χ1) is 13.5. The van der Waals surface area contributed by atoms with Gasteiger partial charge in [-0.3, -0.25) is 4.79 Å². The number of amides is 1. The zero-order valence-corrected chi connectivity index (χ0v) is 16.3. The van der Waals surface area contributed by atoms with Crippen molar-refractivity contribution in [1.29, 1.82) is 0 Å². The lowest BCUT2D eigenvalue weighted by molar-refractivity contribution is 0.0960. The van der Waals surface area contributed by atoms with E-state index in [4.69, 9.17) is 22.9 Å². The molecule has 1 saturated heterocycles. The number of carbonyl (C=O) groups excluding carboxylic acids is 1. The lowest BCUT2D eigenvalue weighted by Gasteiger charge is -2.28. The van der Waals surface area contributed by atoms with Crippen molar-refractivity contribution in [1.82, 2.24) is 5.32 Å². The standard InChI is InChI=1S/C19H16ClF2N3O2S/c1-23-16-15-11(14-12(21)8-10(20)9-13(14)22)2-3-24-18(26)17(15)28-19(16)25-4-6-27-7-5-25/h8-9,11H,2-7H2,(H,24,26). The van der Waals surface area contributed by atoms with Gasteiger partial charge in [-0.05, 0) is 24.1 Å². The SMILES string of the molecule is [C-]#[N+]c1c(N2CCOCC2)sc2c1C(c1c(F)cc(Cl)cc1F)CCNC2=O. The van der Waals surface area contributed by atoms with E-state index in [1.807, 2.05) is 4.90 Å². The zero-order chi connectivity index (χ0) is 19.8. The minimum absolute atomic E-state index is 0.0356. The Morgan fingerprint density at radius 3 is 2.57 bits per heavy atom. The molecule has 2 aromatic rings. The van der Waals surface area contributed by atoms with Gasteiger partial charge in [0.15, 0.2) is 0 Å². The number of nitrogens with zero attached hydrogens (tertiary/aromatic N) is 2. The first-order valence-corrected chi connectivity index (χ1v) is 10.00. The van der Waals surface area contributed by atoms with Crippen LogP contribution >= 0.6 is 22.9 Å². The molecule has 9 heteroatoms. The van der Waals surface area contributed by atoms with Crippen molar-refractivity contribution in [2.45, 2.75) is 12.3 Å². The number of halogens is 3. The fraction of sp³-hybridized carbons (Fsp3) is 0.368. The summed E-state index contributed by atoms with van der Waals surface area (Å²) in [7, 11) is 0. The molecule has 1 aromatic heterocycles. The van der Waals surface area contributed by atoms with Crippen molar-refractivity contribution < 1.29 is 18.3 Å². The van der Waals surface area contributed by atoms with E-state index in [0.29, 0.717) is 41.7 Å². The third-order valence-electron chi connectivity index (χ3n) is 4.98. The van der Waals surface area contributed by atoms with Gasteiger partial charge in [-0.1, -0.05) is 11.6 Å². The van der Waals surface area contributed by atoms with Crippen LogP contribution in [0, 0.1) is 18.2 Å². The molecular formula is C19H16ClF2N3O2S. The minimum atomic E-state index is -0.773. The lowest BCUT2D eigenvalue weighted by atomic mass is 9.87. The fourth-order valence-corrected chi connectivity index (χ4v) is 5.20. The van der Waals surface area contributed by atoms with E-state index >= 15 is 0 Å². The monoisotopic (exact) mass is 423 g/mol. The number of hydrogen-bond acceptors (Lipinski definition) is 4. The van der Waals surface area contributed by atoms with Gasteiger partial charge >= 0.3 is 0 Å². The van der Waals surface area contributed by atoms with Gasteiger partial charge in [-0.15, -0.1) is 11.3 Å². The first-order valence-electron chi connectivity index (χ1n) is 8.80. The molecule has 1 amide bonds. The summed E-state index contributed by atoms with van der Waals surface area (Å²) in [5.74, 6) is -2.61. The second-order valence-corrected chi connectivity index (χ2v) is 8.03. The quantitative estimate of drug-likeness (QED) is 0.731. The maximum atomic E-state index is 14.7. The Balaban J connectivity index is 1.91. The molecule has 1 unspecified atom stereocenters. The molecule has 1 N–H and O–H groups in total. The van der Waals surface area contributed by atoms with Crippen LogP contribution in [0.15, 0.2) is 12.1 Å². The molecule has 0 spiro atoms. The van der Waals surface area contributed by atoms with Gasteiger partial charge in [-0.2, -0.15) is 0 Å². The third kappa shape index (κ3) is 3.24. The number of hydrogen-bond donors (Lipinski definition) is 1. The smallest absolute Gasteiger partial charge is 0.260 e. The highest BCUT2D eigenvalue weighted by Crippen LogP contribution is 2.50. The number of ether oxygens (including phenoxy) is 1. The van der Waals surface area contributed by atoms with Crippen LogP contribution in [0.1, 0.15) is 33.1 Å². The van der Waals surface area contributed by atoms with E-state index in [-0.39, 0.29) is 35.1 Å². The Hall–Kier alpha value is -2.21. The predicted molar refractivity (Wildman–Crippen MR) is 104 cm³/mol. The number of rotatable bonds is 2. The van der Waals surface area contributed by atoms with Gasteiger partial charge < -0.3 is 15.0 Å². The Morgan fingerprint density at radius 1 is 1.25 bits per heavy atom. The normalized spacial score (nSPS) is 19.6. The maximum absolute atomic E-state index is 14.7. The van der Waals surface area contributed by atoms with Gasteiger partial charge in [0.05, 0.1) is 29.7 Å². The van der Waals surface area contributed by atoms with Crippen LogP contribution in [-0.2, 0) is 4.74 Å². The van der Waals surface area contributed by atoms with Crippen LogP contribution in [0.4, 0.5) is 19.5 Å². The average molecular weight is 424 g/mol. The number of morpholine rings is 1. The van der Waals surface area contributed by atoms with E-state index in [1.165, 1.54) is 11.3 Å². The molecule has 1 aromatic carbocycles. The van der Waals surface area contributed by atoms with Gasteiger partial charge in [0.2, 0.25) is 5.69 Å². The molecule has 3 heterocycles. The molecule has 0 bridgehead atoms. The van der Waals surface area contributed by atoms with E-state index in [0.717, 1.165) is 12.1 Å². The number of benzene rings is 1. The van der Waals surface area contributed by atoms with Crippen LogP contribution in [-0.4, -0.2) is 38.8 Å². The Kier molecular flexibility index (Phi) is 5.23. The van der Waals surface area contributed by atoms with Crippen molar-refractivity contribution in [3.63, 3.8) is 0 Å².